The molecule has 1 atom stereocenters. The molecule has 0 radical (unpaired) electrons. The quantitative estimate of drug-likeness (QED) is 0.812. The van der Waals surface area contributed by atoms with Crippen LogP contribution in [0, 0.1) is 0 Å². The van der Waals surface area contributed by atoms with Gasteiger partial charge in [-0.2, -0.15) is 0 Å². The average molecular weight is 233 g/mol. The van der Waals surface area contributed by atoms with Gasteiger partial charge >= 0.3 is 0 Å². The molecule has 0 saturated carbocycles. The third kappa shape index (κ3) is 4.15. The van der Waals surface area contributed by atoms with Crippen molar-refractivity contribution in [2.45, 2.75) is 31.7 Å². The Bertz CT molecular complexity index is 353. The molecular weight excluding hydrogens is 214 g/mol. The van der Waals surface area contributed by atoms with Crippen molar-refractivity contribution in [3.63, 3.8) is 0 Å². The Kier molecular flexibility index (Phi) is 4.50. The predicted octanol–water partition coefficient (Wildman–Crippen LogP) is 0.882. The molecule has 2 rings (SSSR count). The van der Waals surface area contributed by atoms with Gasteiger partial charge in [0.15, 0.2) is 0 Å². The zero-order chi connectivity index (χ0) is 11.9. The van der Waals surface area contributed by atoms with Crippen LogP contribution in [0.5, 0.6) is 0 Å². The summed E-state index contributed by atoms with van der Waals surface area (Å²) in [5.41, 5.74) is 1.10. The van der Waals surface area contributed by atoms with Crippen LogP contribution in [-0.2, 0) is 11.2 Å². The van der Waals surface area contributed by atoms with E-state index in [-0.39, 0.29) is 5.91 Å². The largest absolute Gasteiger partial charge is 0.356 e. The van der Waals surface area contributed by atoms with E-state index >= 15 is 0 Å². The van der Waals surface area contributed by atoms with E-state index in [1.165, 1.54) is 0 Å². The standard InChI is InChI=1S/C13H19N3O/c17-13-10-12(5-3-8-16-13)15-9-6-11-4-1-2-7-14-11/h1-2,4,7,12,15H,3,5-6,8-10H2,(H,16,17). The summed E-state index contributed by atoms with van der Waals surface area (Å²) in [7, 11) is 0. The van der Waals surface area contributed by atoms with Gasteiger partial charge < -0.3 is 10.6 Å². The SMILES string of the molecule is O=C1CC(NCCc2ccccn2)CCCN1. The molecule has 1 aromatic rings. The lowest BCUT2D eigenvalue weighted by Gasteiger charge is -2.14. The summed E-state index contributed by atoms with van der Waals surface area (Å²) >= 11 is 0. The van der Waals surface area contributed by atoms with Gasteiger partial charge in [0.1, 0.15) is 0 Å². The molecule has 1 aliphatic heterocycles. The average Bonchev–Trinajstić information content (AvgIpc) is 2.55. The van der Waals surface area contributed by atoms with E-state index in [2.05, 4.69) is 15.6 Å². The summed E-state index contributed by atoms with van der Waals surface area (Å²) in [6.07, 6.45) is 5.46. The van der Waals surface area contributed by atoms with Crippen LogP contribution in [0.1, 0.15) is 25.0 Å². The molecule has 0 aliphatic carbocycles. The predicted molar refractivity (Wildman–Crippen MR) is 66.6 cm³/mol. The molecule has 92 valence electrons. The van der Waals surface area contributed by atoms with E-state index in [4.69, 9.17) is 0 Å². The fraction of sp³-hybridized carbons (Fsp3) is 0.538. The first-order valence-corrected chi connectivity index (χ1v) is 6.24. The van der Waals surface area contributed by atoms with Crippen molar-refractivity contribution in [1.29, 1.82) is 0 Å². The number of aromatic nitrogens is 1. The summed E-state index contributed by atoms with van der Waals surface area (Å²) in [6, 6.07) is 6.27. The van der Waals surface area contributed by atoms with Crippen molar-refractivity contribution in [3.05, 3.63) is 30.1 Å². The number of nitrogens with zero attached hydrogens (tertiary/aromatic N) is 1. The minimum atomic E-state index is 0.165. The zero-order valence-corrected chi connectivity index (χ0v) is 9.98. The fourth-order valence-electron chi connectivity index (χ4n) is 2.10. The second kappa shape index (κ2) is 6.35. The Hall–Kier alpha value is -1.42. The second-order valence-electron chi connectivity index (χ2n) is 4.42. The van der Waals surface area contributed by atoms with Crippen molar-refractivity contribution in [2.75, 3.05) is 13.1 Å². The first kappa shape index (κ1) is 12.0. The first-order valence-electron chi connectivity index (χ1n) is 6.24. The van der Waals surface area contributed by atoms with Crippen LogP contribution in [-0.4, -0.2) is 30.0 Å². The summed E-state index contributed by atoms with van der Waals surface area (Å²) in [5, 5.41) is 6.33. The number of pyridine rings is 1. The topological polar surface area (TPSA) is 54.0 Å². The molecule has 1 aromatic heterocycles. The monoisotopic (exact) mass is 233 g/mol. The Morgan fingerprint density at radius 3 is 3.24 bits per heavy atom. The van der Waals surface area contributed by atoms with Crippen LogP contribution in [0.3, 0.4) is 0 Å². The smallest absolute Gasteiger partial charge is 0.221 e. The van der Waals surface area contributed by atoms with Crippen molar-refractivity contribution in [1.82, 2.24) is 15.6 Å². The lowest BCUT2D eigenvalue weighted by molar-refractivity contribution is -0.121. The van der Waals surface area contributed by atoms with Gasteiger partial charge in [-0.25, -0.2) is 0 Å². The highest BCUT2D eigenvalue weighted by Crippen LogP contribution is 2.06. The molecule has 2 N–H and O–H groups in total. The van der Waals surface area contributed by atoms with Crippen LogP contribution < -0.4 is 10.6 Å². The summed E-state index contributed by atoms with van der Waals surface area (Å²) < 4.78 is 0. The van der Waals surface area contributed by atoms with Crippen LogP contribution in [0.15, 0.2) is 24.4 Å². The van der Waals surface area contributed by atoms with Gasteiger partial charge in [0.25, 0.3) is 0 Å². The van der Waals surface area contributed by atoms with E-state index in [9.17, 15) is 4.79 Å². The highest BCUT2D eigenvalue weighted by atomic mass is 16.1. The van der Waals surface area contributed by atoms with Crippen LogP contribution in [0.2, 0.25) is 0 Å². The van der Waals surface area contributed by atoms with Crippen molar-refractivity contribution < 1.29 is 4.79 Å². The second-order valence-corrected chi connectivity index (χ2v) is 4.42. The molecule has 17 heavy (non-hydrogen) atoms. The van der Waals surface area contributed by atoms with E-state index in [1.807, 2.05) is 24.4 Å². The number of nitrogens with one attached hydrogen (secondary N) is 2. The molecule has 4 heteroatoms. The van der Waals surface area contributed by atoms with Crippen LogP contribution in [0.25, 0.3) is 0 Å². The van der Waals surface area contributed by atoms with Gasteiger partial charge in [-0.15, -0.1) is 0 Å². The Labute approximate surface area is 102 Å². The van der Waals surface area contributed by atoms with E-state index < -0.39 is 0 Å². The summed E-state index contributed by atoms with van der Waals surface area (Å²) in [6.45, 7) is 1.70. The normalized spacial score (nSPS) is 20.7. The molecule has 1 amide bonds. The molecule has 1 fully saturated rings. The fourth-order valence-corrected chi connectivity index (χ4v) is 2.10. The molecule has 0 aromatic carbocycles. The molecule has 1 unspecified atom stereocenters. The highest BCUT2D eigenvalue weighted by molar-refractivity contribution is 5.76. The zero-order valence-electron chi connectivity index (χ0n) is 9.98. The summed E-state index contributed by atoms with van der Waals surface area (Å²) in [5.74, 6) is 0.165. The Morgan fingerprint density at radius 2 is 2.41 bits per heavy atom. The number of carbonyl (C=O) groups excluding carboxylic acids is 1. The molecule has 4 nitrogen and oxygen atoms in total. The van der Waals surface area contributed by atoms with E-state index in [0.29, 0.717) is 12.5 Å². The maximum atomic E-state index is 11.4. The number of carbonyl (C=O) groups is 1. The van der Waals surface area contributed by atoms with Crippen molar-refractivity contribution in [2.24, 2.45) is 0 Å². The Balaban J connectivity index is 1.72. The highest BCUT2D eigenvalue weighted by Gasteiger charge is 2.16. The minimum Gasteiger partial charge on any atom is -0.356 e. The molecular formula is C13H19N3O. The van der Waals surface area contributed by atoms with Crippen molar-refractivity contribution >= 4 is 5.91 Å². The maximum Gasteiger partial charge on any atom is 0.221 e. The number of hydrogen-bond donors (Lipinski definition) is 2. The summed E-state index contributed by atoms with van der Waals surface area (Å²) in [4.78, 5) is 15.6. The minimum absolute atomic E-state index is 0.165. The van der Waals surface area contributed by atoms with Gasteiger partial charge in [-0.05, 0) is 25.0 Å². The van der Waals surface area contributed by atoms with Gasteiger partial charge in [0, 0.05) is 43.9 Å². The van der Waals surface area contributed by atoms with Gasteiger partial charge in [-0.1, -0.05) is 6.07 Å². The van der Waals surface area contributed by atoms with Gasteiger partial charge in [-0.3, -0.25) is 9.78 Å². The number of amides is 1. The molecule has 1 saturated heterocycles. The first-order chi connectivity index (χ1) is 8.34. The molecule has 2 heterocycles. The number of rotatable bonds is 4. The third-order valence-corrected chi connectivity index (χ3v) is 3.02. The van der Waals surface area contributed by atoms with Crippen LogP contribution in [0.4, 0.5) is 0 Å². The van der Waals surface area contributed by atoms with Gasteiger partial charge in [0.2, 0.25) is 5.91 Å². The molecule has 0 spiro atoms. The van der Waals surface area contributed by atoms with Crippen molar-refractivity contribution in [3.8, 4) is 0 Å². The third-order valence-electron chi connectivity index (χ3n) is 3.02. The lowest BCUT2D eigenvalue weighted by Crippen LogP contribution is -2.33. The molecule has 1 aliphatic rings. The Morgan fingerprint density at radius 1 is 1.47 bits per heavy atom. The lowest BCUT2D eigenvalue weighted by atomic mass is 10.1. The van der Waals surface area contributed by atoms with Gasteiger partial charge in [0.05, 0.1) is 0 Å². The van der Waals surface area contributed by atoms with Crippen LogP contribution >= 0.6 is 0 Å². The number of hydrogen-bond acceptors (Lipinski definition) is 3. The van der Waals surface area contributed by atoms with E-state index in [1.54, 1.807) is 0 Å². The molecule has 0 bridgehead atoms. The maximum absolute atomic E-state index is 11.4. The van der Waals surface area contributed by atoms with E-state index in [0.717, 1.165) is 38.0 Å².